The van der Waals surface area contributed by atoms with E-state index in [0.29, 0.717) is 6.54 Å². The van der Waals surface area contributed by atoms with Crippen molar-refractivity contribution >= 4 is 13.5 Å². The summed E-state index contributed by atoms with van der Waals surface area (Å²) >= 11 is 0. The number of amides is 1. The molecule has 0 aliphatic carbocycles. The van der Waals surface area contributed by atoms with E-state index in [-0.39, 0.29) is 19.1 Å². The molecule has 1 amide bonds. The summed E-state index contributed by atoms with van der Waals surface area (Å²) in [5.41, 5.74) is -1.07. The van der Waals surface area contributed by atoms with E-state index in [9.17, 15) is 9.36 Å². The van der Waals surface area contributed by atoms with Gasteiger partial charge in [-0.15, -0.1) is 6.58 Å². The predicted octanol–water partition coefficient (Wildman–Crippen LogP) is 4.35. The Morgan fingerprint density at radius 2 is 1.63 bits per heavy atom. The van der Waals surface area contributed by atoms with Crippen LogP contribution in [0.1, 0.15) is 62.3 Å². The number of nitrogens with one attached hydrogen (secondary N) is 1. The number of hydrogen-bond donors (Lipinski definition) is 1. The van der Waals surface area contributed by atoms with Gasteiger partial charge in [0.25, 0.3) is 5.91 Å². The Balaban J connectivity index is 6.03. The molecule has 0 aromatic heterocycles. The molecule has 2 atom stereocenters. The summed E-state index contributed by atoms with van der Waals surface area (Å²) in [4.78, 5) is 18.4. The van der Waals surface area contributed by atoms with E-state index in [1.807, 2.05) is 41.5 Å². The second-order valence-corrected chi connectivity index (χ2v) is 10.5. The topological polar surface area (TPSA) is 77.1 Å². The molecule has 0 aromatic carbocycles. The van der Waals surface area contributed by atoms with Gasteiger partial charge in [-0.2, -0.15) is 5.06 Å². The number of rotatable bonds is 11. The van der Waals surface area contributed by atoms with Crippen molar-refractivity contribution in [2.24, 2.45) is 5.41 Å². The maximum absolute atomic E-state index is 13.7. The molecule has 0 rings (SSSR count). The largest absolute Gasteiger partial charge is 0.350 e. The van der Waals surface area contributed by atoms with E-state index in [1.165, 1.54) is 0 Å². The Hall–Kier alpha value is -0.720. The van der Waals surface area contributed by atoms with Gasteiger partial charge in [0.05, 0.1) is 13.2 Å². The maximum atomic E-state index is 13.7. The van der Waals surface area contributed by atoms with E-state index in [0.717, 1.165) is 0 Å². The Bertz CT molecular complexity index is 515. The SMILES string of the molecule is C=CCNC(=O)C(C)ON(C(C(C)(C)C)P(=O)(OCC)OCC)C(C)(C)C. The van der Waals surface area contributed by atoms with E-state index in [2.05, 4.69) is 11.9 Å². The van der Waals surface area contributed by atoms with Gasteiger partial charge >= 0.3 is 7.60 Å². The van der Waals surface area contributed by atoms with Crippen LogP contribution in [0.3, 0.4) is 0 Å². The quantitative estimate of drug-likeness (QED) is 0.312. The molecule has 0 aliphatic heterocycles. The van der Waals surface area contributed by atoms with E-state index in [1.54, 1.807) is 31.9 Å². The van der Waals surface area contributed by atoms with Crippen LogP contribution in [0.2, 0.25) is 0 Å². The molecule has 8 heteroatoms. The third-order valence-electron chi connectivity index (χ3n) is 3.64. The van der Waals surface area contributed by atoms with Crippen LogP contribution in [0.15, 0.2) is 12.7 Å². The fourth-order valence-corrected chi connectivity index (χ4v) is 5.29. The first-order valence-electron chi connectivity index (χ1n) is 9.48. The van der Waals surface area contributed by atoms with Gasteiger partial charge in [-0.1, -0.05) is 26.8 Å². The number of carbonyl (C=O) groups excluding carboxylic acids is 1. The van der Waals surface area contributed by atoms with Crippen molar-refractivity contribution in [3.05, 3.63) is 12.7 Å². The molecule has 7 nitrogen and oxygen atoms in total. The van der Waals surface area contributed by atoms with Gasteiger partial charge in [-0.3, -0.25) is 14.2 Å². The lowest BCUT2D eigenvalue weighted by atomic mass is 9.94. The molecule has 0 aromatic rings. The second-order valence-electron chi connectivity index (χ2n) is 8.39. The van der Waals surface area contributed by atoms with Crippen LogP contribution in [0.5, 0.6) is 0 Å². The van der Waals surface area contributed by atoms with Gasteiger partial charge in [0.1, 0.15) is 5.78 Å². The molecule has 0 spiro atoms. The molecule has 0 heterocycles. The fourth-order valence-electron chi connectivity index (χ4n) is 2.61. The highest BCUT2D eigenvalue weighted by Gasteiger charge is 2.51. The molecule has 160 valence electrons. The van der Waals surface area contributed by atoms with Crippen LogP contribution in [-0.4, -0.2) is 48.2 Å². The van der Waals surface area contributed by atoms with Gasteiger partial charge in [0.15, 0.2) is 6.10 Å². The highest BCUT2D eigenvalue weighted by molar-refractivity contribution is 7.54. The van der Waals surface area contributed by atoms with Crippen LogP contribution in [0.25, 0.3) is 0 Å². The van der Waals surface area contributed by atoms with Gasteiger partial charge in [0.2, 0.25) is 0 Å². The number of carbonyl (C=O) groups is 1. The fraction of sp³-hybridized carbons (Fsp3) is 0.842. The summed E-state index contributed by atoms with van der Waals surface area (Å²) in [6.45, 7) is 21.3. The smallest absolute Gasteiger partial charge is 0.350 e. The summed E-state index contributed by atoms with van der Waals surface area (Å²) in [5, 5.41) is 4.32. The highest BCUT2D eigenvalue weighted by atomic mass is 31.2. The van der Waals surface area contributed by atoms with Crippen LogP contribution >= 0.6 is 7.60 Å². The first kappa shape index (κ1) is 26.3. The normalized spacial score (nSPS) is 15.5. The average Bonchev–Trinajstić information content (AvgIpc) is 2.49. The summed E-state index contributed by atoms with van der Waals surface area (Å²) in [6.07, 6.45) is 0.813. The van der Waals surface area contributed by atoms with Gasteiger partial charge in [0, 0.05) is 12.1 Å². The monoisotopic (exact) mass is 406 g/mol. The summed E-state index contributed by atoms with van der Waals surface area (Å²) < 4.78 is 25.0. The van der Waals surface area contributed by atoms with Crippen LogP contribution in [-0.2, 0) is 23.2 Å². The Kier molecular flexibility index (Phi) is 10.4. The van der Waals surface area contributed by atoms with Crippen LogP contribution in [0, 0.1) is 5.41 Å². The van der Waals surface area contributed by atoms with Crippen molar-refractivity contribution in [2.45, 2.75) is 79.7 Å². The maximum Gasteiger partial charge on any atom is 0.350 e. The van der Waals surface area contributed by atoms with Gasteiger partial charge in [-0.05, 0) is 47.0 Å². The Labute approximate surface area is 165 Å². The van der Waals surface area contributed by atoms with Crippen LogP contribution in [0.4, 0.5) is 0 Å². The standard InChI is InChI=1S/C19H39N2O5P/c1-11-14-20-16(22)15(4)26-21(19(8,9)10)17(18(5,6)7)27(23,24-12-2)25-13-3/h11,15,17H,1,12-14H2,2-10H3,(H,20,22). The van der Waals surface area contributed by atoms with Gasteiger partial charge < -0.3 is 14.4 Å². The molecule has 1 N–H and O–H groups in total. The van der Waals surface area contributed by atoms with E-state index < -0.39 is 30.4 Å². The molecule has 2 unspecified atom stereocenters. The van der Waals surface area contributed by atoms with Crippen molar-refractivity contribution in [3.8, 4) is 0 Å². The Morgan fingerprint density at radius 3 is 1.96 bits per heavy atom. The summed E-state index contributed by atoms with van der Waals surface area (Å²) in [7, 11) is -3.56. The van der Waals surface area contributed by atoms with Crippen LogP contribution < -0.4 is 5.32 Å². The molecule has 27 heavy (non-hydrogen) atoms. The molecule has 0 saturated carbocycles. The summed E-state index contributed by atoms with van der Waals surface area (Å²) in [6, 6.07) is 0. The zero-order chi connectivity index (χ0) is 21.5. The third kappa shape index (κ3) is 8.04. The molecule has 0 fully saturated rings. The number of hydroxylamine groups is 2. The van der Waals surface area contributed by atoms with Gasteiger partial charge in [-0.25, -0.2) is 0 Å². The minimum absolute atomic E-state index is 0.247. The van der Waals surface area contributed by atoms with Crippen molar-refractivity contribution in [3.63, 3.8) is 0 Å². The molecule has 0 aliphatic rings. The van der Waals surface area contributed by atoms with Crippen molar-refractivity contribution in [2.75, 3.05) is 19.8 Å². The lowest BCUT2D eigenvalue weighted by Crippen LogP contribution is -2.55. The lowest BCUT2D eigenvalue weighted by Gasteiger charge is -2.48. The zero-order valence-corrected chi connectivity index (χ0v) is 19.4. The number of hydrogen-bond acceptors (Lipinski definition) is 6. The number of nitrogens with zero attached hydrogens (tertiary/aromatic N) is 1. The van der Waals surface area contributed by atoms with Crippen molar-refractivity contribution in [1.29, 1.82) is 0 Å². The van der Waals surface area contributed by atoms with E-state index in [4.69, 9.17) is 13.9 Å². The molecule has 0 bridgehead atoms. The molecule has 0 radical (unpaired) electrons. The minimum atomic E-state index is -3.56. The minimum Gasteiger partial charge on any atom is -0.350 e. The zero-order valence-electron chi connectivity index (χ0n) is 18.5. The predicted molar refractivity (Wildman–Crippen MR) is 109 cm³/mol. The first-order valence-corrected chi connectivity index (χ1v) is 11.1. The average molecular weight is 407 g/mol. The van der Waals surface area contributed by atoms with Crippen molar-refractivity contribution in [1.82, 2.24) is 10.4 Å². The summed E-state index contributed by atoms with van der Waals surface area (Å²) in [5.74, 6) is -0.987. The third-order valence-corrected chi connectivity index (χ3v) is 6.46. The first-order chi connectivity index (χ1) is 12.2. The molecule has 0 saturated heterocycles. The van der Waals surface area contributed by atoms with Crippen molar-refractivity contribution < 1.29 is 23.2 Å². The molecular weight excluding hydrogens is 367 g/mol. The van der Waals surface area contributed by atoms with E-state index >= 15 is 0 Å². The molecular formula is C19H39N2O5P. The lowest BCUT2D eigenvalue weighted by molar-refractivity contribution is -0.257. The highest BCUT2D eigenvalue weighted by Crippen LogP contribution is 2.60. The Morgan fingerprint density at radius 1 is 1.15 bits per heavy atom. The second kappa shape index (κ2) is 10.7.